The highest BCUT2D eigenvalue weighted by atomic mass is 16.5. The van der Waals surface area contributed by atoms with Crippen LogP contribution in [-0.4, -0.2) is 28.6 Å². The molecule has 0 aliphatic rings. The summed E-state index contributed by atoms with van der Waals surface area (Å²) < 4.78 is 8.18. The highest BCUT2D eigenvalue weighted by Gasteiger charge is 2.20. The molecule has 3 aromatic rings. The van der Waals surface area contributed by atoms with Crippen molar-refractivity contribution in [2.24, 2.45) is 5.41 Å². The molecule has 0 spiro atoms. The first-order valence-electron chi connectivity index (χ1n) is 10.7. The Hall–Kier alpha value is -2.82. The first kappa shape index (κ1) is 21.9. The minimum absolute atomic E-state index is 0.0540. The number of carbonyl (C=O) groups is 1. The molecular weight excluding hydrogens is 374 g/mol. The first-order chi connectivity index (χ1) is 14.3. The van der Waals surface area contributed by atoms with Crippen LogP contribution in [0, 0.1) is 5.41 Å². The van der Waals surface area contributed by atoms with Gasteiger partial charge < -0.3 is 14.6 Å². The van der Waals surface area contributed by atoms with Crippen molar-refractivity contribution in [1.82, 2.24) is 14.9 Å². The summed E-state index contributed by atoms with van der Waals surface area (Å²) in [6, 6.07) is 16.4. The van der Waals surface area contributed by atoms with Gasteiger partial charge in [-0.15, -0.1) is 0 Å². The molecule has 160 valence electrons. The monoisotopic (exact) mass is 407 g/mol. The van der Waals surface area contributed by atoms with Gasteiger partial charge >= 0.3 is 0 Å². The van der Waals surface area contributed by atoms with E-state index in [2.05, 4.69) is 41.9 Å². The van der Waals surface area contributed by atoms with Crippen molar-refractivity contribution in [2.45, 2.75) is 53.5 Å². The number of nitrogens with zero attached hydrogens (tertiary/aromatic N) is 2. The predicted molar refractivity (Wildman–Crippen MR) is 122 cm³/mol. The van der Waals surface area contributed by atoms with Gasteiger partial charge in [0.05, 0.1) is 17.6 Å². The van der Waals surface area contributed by atoms with Gasteiger partial charge in [-0.05, 0) is 35.7 Å². The largest absolute Gasteiger partial charge is 0.492 e. The molecule has 1 heterocycles. The number of para-hydroxylation sites is 2. The number of rotatable bonds is 8. The van der Waals surface area contributed by atoms with Crippen LogP contribution in [0.15, 0.2) is 48.5 Å². The summed E-state index contributed by atoms with van der Waals surface area (Å²) in [5.41, 5.74) is 2.98. The summed E-state index contributed by atoms with van der Waals surface area (Å²) in [5.74, 6) is 2.41. The average Bonchev–Trinajstić information content (AvgIpc) is 3.05. The molecule has 5 heteroatoms. The van der Waals surface area contributed by atoms with Gasteiger partial charge in [0, 0.05) is 18.4 Å². The zero-order valence-electron chi connectivity index (χ0n) is 18.7. The van der Waals surface area contributed by atoms with Crippen molar-refractivity contribution in [3.8, 4) is 5.75 Å². The summed E-state index contributed by atoms with van der Waals surface area (Å²) in [5, 5.41) is 3.02. The molecule has 0 aliphatic carbocycles. The number of imidazole rings is 1. The molecule has 3 rings (SSSR count). The number of hydrogen-bond acceptors (Lipinski definition) is 3. The van der Waals surface area contributed by atoms with E-state index >= 15 is 0 Å². The smallest absolute Gasteiger partial charge is 0.225 e. The molecule has 0 fully saturated rings. The predicted octanol–water partition coefficient (Wildman–Crippen LogP) is 4.94. The Bertz CT molecular complexity index is 982. The Kier molecular flexibility index (Phi) is 6.80. The van der Waals surface area contributed by atoms with Crippen molar-refractivity contribution >= 4 is 16.9 Å². The lowest BCUT2D eigenvalue weighted by Gasteiger charge is -2.17. The Morgan fingerprint density at radius 2 is 1.80 bits per heavy atom. The fourth-order valence-corrected chi connectivity index (χ4v) is 3.32. The van der Waals surface area contributed by atoms with Gasteiger partial charge in [-0.25, -0.2) is 4.98 Å². The lowest BCUT2D eigenvalue weighted by atomic mass is 9.96. The number of nitrogens with one attached hydrogen (secondary N) is 1. The number of hydrogen-bond donors (Lipinski definition) is 1. The van der Waals surface area contributed by atoms with Gasteiger partial charge in [0.25, 0.3) is 0 Å². The molecule has 0 radical (unpaired) electrons. The molecule has 0 atom stereocenters. The minimum atomic E-state index is -0.390. The molecule has 1 N–H and O–H groups in total. The third-order valence-corrected chi connectivity index (χ3v) is 5.18. The van der Waals surface area contributed by atoms with Crippen LogP contribution in [0.4, 0.5) is 0 Å². The van der Waals surface area contributed by atoms with Crippen LogP contribution in [0.5, 0.6) is 5.75 Å². The van der Waals surface area contributed by atoms with Gasteiger partial charge in [0.15, 0.2) is 0 Å². The third kappa shape index (κ3) is 5.41. The fraction of sp³-hybridized carbons (Fsp3) is 0.440. The summed E-state index contributed by atoms with van der Waals surface area (Å²) in [6.07, 6.45) is 0.680. The number of benzene rings is 2. The van der Waals surface area contributed by atoms with Crippen LogP contribution in [0.3, 0.4) is 0 Å². The standard InChI is InChI=1S/C25H33N3O2/c1-18(2)19-10-12-20(13-11-19)30-17-16-28-22-9-7-6-8-21(22)27-23(28)14-15-26-24(29)25(3,4)5/h6-13,18H,14-17H2,1-5H3,(H,26,29). The van der Waals surface area contributed by atoms with Crippen LogP contribution in [-0.2, 0) is 17.8 Å². The van der Waals surface area contributed by atoms with Gasteiger partial charge in [-0.1, -0.05) is 58.9 Å². The van der Waals surface area contributed by atoms with E-state index in [-0.39, 0.29) is 11.3 Å². The van der Waals surface area contributed by atoms with E-state index in [4.69, 9.17) is 9.72 Å². The first-order valence-corrected chi connectivity index (χ1v) is 10.7. The molecule has 0 aliphatic heterocycles. The number of fused-ring (bicyclic) bond motifs is 1. The Labute approximate surface area is 179 Å². The van der Waals surface area contributed by atoms with Crippen LogP contribution in [0.2, 0.25) is 0 Å². The molecule has 1 amide bonds. The van der Waals surface area contributed by atoms with E-state index in [1.807, 2.05) is 51.1 Å². The maximum atomic E-state index is 12.1. The van der Waals surface area contributed by atoms with Crippen LogP contribution >= 0.6 is 0 Å². The molecule has 0 unspecified atom stereocenters. The summed E-state index contributed by atoms with van der Waals surface area (Å²) in [4.78, 5) is 16.9. The molecule has 1 aromatic heterocycles. The van der Waals surface area contributed by atoms with Crippen molar-refractivity contribution in [3.05, 3.63) is 59.9 Å². The zero-order chi connectivity index (χ0) is 21.7. The SMILES string of the molecule is CC(C)c1ccc(OCCn2c(CCNC(=O)C(C)(C)C)nc3ccccc32)cc1. The van der Waals surface area contributed by atoms with Gasteiger partial charge in [0.2, 0.25) is 5.91 Å². The Morgan fingerprint density at radius 1 is 1.10 bits per heavy atom. The zero-order valence-corrected chi connectivity index (χ0v) is 18.7. The van der Waals surface area contributed by atoms with Crippen LogP contribution in [0.1, 0.15) is 51.9 Å². The summed E-state index contributed by atoms with van der Waals surface area (Å²) in [6.45, 7) is 12.0. The average molecular weight is 408 g/mol. The fourth-order valence-electron chi connectivity index (χ4n) is 3.32. The van der Waals surface area contributed by atoms with E-state index in [1.54, 1.807) is 0 Å². The van der Waals surface area contributed by atoms with Gasteiger partial charge in [-0.2, -0.15) is 0 Å². The van der Waals surface area contributed by atoms with Crippen molar-refractivity contribution in [1.29, 1.82) is 0 Å². The summed E-state index contributed by atoms with van der Waals surface area (Å²) in [7, 11) is 0. The molecular formula is C25H33N3O2. The van der Waals surface area contributed by atoms with Crippen LogP contribution in [0.25, 0.3) is 11.0 Å². The second-order valence-corrected chi connectivity index (χ2v) is 9.00. The number of aromatic nitrogens is 2. The molecule has 2 aromatic carbocycles. The van der Waals surface area contributed by atoms with E-state index < -0.39 is 0 Å². The highest BCUT2D eigenvalue weighted by Crippen LogP contribution is 2.20. The Morgan fingerprint density at radius 3 is 2.47 bits per heavy atom. The molecule has 30 heavy (non-hydrogen) atoms. The highest BCUT2D eigenvalue weighted by molar-refractivity contribution is 5.81. The lowest BCUT2D eigenvalue weighted by Crippen LogP contribution is -2.36. The topological polar surface area (TPSA) is 56.1 Å². The van der Waals surface area contributed by atoms with E-state index in [1.165, 1.54) is 5.56 Å². The minimum Gasteiger partial charge on any atom is -0.492 e. The lowest BCUT2D eigenvalue weighted by molar-refractivity contribution is -0.128. The molecule has 0 saturated carbocycles. The quantitative estimate of drug-likeness (QED) is 0.575. The van der Waals surface area contributed by atoms with Gasteiger partial charge in [0.1, 0.15) is 18.2 Å². The maximum absolute atomic E-state index is 12.1. The molecule has 0 saturated heterocycles. The second kappa shape index (κ2) is 9.33. The van der Waals surface area contributed by atoms with E-state index in [0.717, 1.165) is 22.6 Å². The molecule has 0 bridgehead atoms. The number of ether oxygens (including phenoxy) is 1. The summed E-state index contributed by atoms with van der Waals surface area (Å²) >= 11 is 0. The van der Waals surface area contributed by atoms with Crippen molar-refractivity contribution in [3.63, 3.8) is 0 Å². The number of carbonyl (C=O) groups excluding carboxylic acids is 1. The maximum Gasteiger partial charge on any atom is 0.225 e. The van der Waals surface area contributed by atoms with E-state index in [0.29, 0.717) is 32.0 Å². The normalized spacial score (nSPS) is 11.8. The van der Waals surface area contributed by atoms with E-state index in [9.17, 15) is 4.79 Å². The second-order valence-electron chi connectivity index (χ2n) is 9.00. The third-order valence-electron chi connectivity index (χ3n) is 5.18. The van der Waals surface area contributed by atoms with Crippen molar-refractivity contribution in [2.75, 3.05) is 13.2 Å². The van der Waals surface area contributed by atoms with Gasteiger partial charge in [-0.3, -0.25) is 4.79 Å². The molecule has 5 nitrogen and oxygen atoms in total. The number of amides is 1. The van der Waals surface area contributed by atoms with Crippen molar-refractivity contribution < 1.29 is 9.53 Å². The van der Waals surface area contributed by atoms with Crippen LogP contribution < -0.4 is 10.1 Å². The Balaban J connectivity index is 1.66.